The summed E-state index contributed by atoms with van der Waals surface area (Å²) in [6, 6.07) is 19.2. The Hall–Kier alpha value is -2.73. The highest BCUT2D eigenvalue weighted by molar-refractivity contribution is 5.80. The molecule has 2 aromatic rings. The van der Waals surface area contributed by atoms with Crippen LogP contribution >= 0.6 is 0 Å². The number of nitrogens with zero attached hydrogens (tertiary/aromatic N) is 3. The quantitative estimate of drug-likeness (QED) is 0.555. The van der Waals surface area contributed by atoms with Crippen molar-refractivity contribution < 1.29 is 9.47 Å². The molecule has 6 nitrogen and oxygen atoms in total. The van der Waals surface area contributed by atoms with Gasteiger partial charge in [0.2, 0.25) is 0 Å². The number of rotatable bonds is 6. The third-order valence-corrected chi connectivity index (χ3v) is 6.72. The van der Waals surface area contributed by atoms with Crippen LogP contribution in [0.3, 0.4) is 0 Å². The van der Waals surface area contributed by atoms with Gasteiger partial charge < -0.3 is 24.6 Å². The van der Waals surface area contributed by atoms with E-state index in [4.69, 9.17) is 14.5 Å². The van der Waals surface area contributed by atoms with Gasteiger partial charge in [0.25, 0.3) is 0 Å². The standard InChI is InChI=1S/C26H36N4O2/c1-3-27-25(28-21-26(13-19-32-20-14-26)22-7-5-4-6-8-22)30-17-15-29(16-18-30)23-9-11-24(31-2)12-10-23/h4-12H,3,13-21H2,1-2H3,(H,27,28). The van der Waals surface area contributed by atoms with Gasteiger partial charge in [-0.3, -0.25) is 4.99 Å². The zero-order chi connectivity index (χ0) is 22.2. The van der Waals surface area contributed by atoms with E-state index in [0.29, 0.717) is 0 Å². The maximum Gasteiger partial charge on any atom is 0.194 e. The van der Waals surface area contributed by atoms with Crippen LogP contribution in [-0.2, 0) is 10.2 Å². The number of ether oxygens (including phenoxy) is 2. The normalized spacial score (nSPS) is 19.0. The first kappa shape index (κ1) is 22.5. The number of benzene rings is 2. The Morgan fingerprint density at radius 3 is 2.31 bits per heavy atom. The van der Waals surface area contributed by atoms with E-state index in [2.05, 4.69) is 64.5 Å². The molecule has 0 radical (unpaired) electrons. The molecule has 0 aromatic heterocycles. The summed E-state index contributed by atoms with van der Waals surface area (Å²) >= 11 is 0. The van der Waals surface area contributed by atoms with Crippen molar-refractivity contribution in [1.29, 1.82) is 0 Å². The van der Waals surface area contributed by atoms with Crippen LogP contribution < -0.4 is 15.0 Å². The molecule has 32 heavy (non-hydrogen) atoms. The van der Waals surface area contributed by atoms with Crippen LogP contribution in [0.15, 0.2) is 59.6 Å². The average molecular weight is 437 g/mol. The van der Waals surface area contributed by atoms with Crippen molar-refractivity contribution in [2.24, 2.45) is 4.99 Å². The summed E-state index contributed by atoms with van der Waals surface area (Å²) in [7, 11) is 1.71. The SMILES string of the molecule is CCNC(=NCC1(c2ccccc2)CCOCC1)N1CCN(c2ccc(OC)cc2)CC1. The molecule has 2 saturated heterocycles. The van der Waals surface area contributed by atoms with Gasteiger partial charge in [-0.1, -0.05) is 30.3 Å². The number of guanidine groups is 1. The van der Waals surface area contributed by atoms with Crippen molar-refractivity contribution in [2.45, 2.75) is 25.2 Å². The molecule has 172 valence electrons. The van der Waals surface area contributed by atoms with E-state index >= 15 is 0 Å². The minimum Gasteiger partial charge on any atom is -0.497 e. The fourth-order valence-electron chi connectivity index (χ4n) is 4.71. The predicted molar refractivity (Wildman–Crippen MR) is 131 cm³/mol. The largest absolute Gasteiger partial charge is 0.497 e. The molecule has 0 saturated carbocycles. The van der Waals surface area contributed by atoms with Gasteiger partial charge in [-0.05, 0) is 49.6 Å². The number of hydrogen-bond donors (Lipinski definition) is 1. The maximum absolute atomic E-state index is 5.70. The van der Waals surface area contributed by atoms with Crippen molar-refractivity contribution in [3.63, 3.8) is 0 Å². The summed E-state index contributed by atoms with van der Waals surface area (Å²) in [6.07, 6.45) is 2.04. The summed E-state index contributed by atoms with van der Waals surface area (Å²) in [5.41, 5.74) is 2.69. The van der Waals surface area contributed by atoms with E-state index in [9.17, 15) is 0 Å². The molecule has 4 rings (SSSR count). The topological polar surface area (TPSA) is 49.3 Å². The Morgan fingerprint density at radius 2 is 1.69 bits per heavy atom. The molecular formula is C26H36N4O2. The van der Waals surface area contributed by atoms with Crippen molar-refractivity contribution in [3.8, 4) is 5.75 Å². The minimum atomic E-state index is 0.0606. The molecule has 2 aliphatic heterocycles. The fraction of sp³-hybridized carbons (Fsp3) is 0.500. The lowest BCUT2D eigenvalue weighted by Crippen LogP contribution is -2.53. The van der Waals surface area contributed by atoms with Crippen LogP contribution in [0, 0.1) is 0 Å². The number of anilines is 1. The van der Waals surface area contributed by atoms with Crippen LogP contribution in [0.5, 0.6) is 5.75 Å². The smallest absolute Gasteiger partial charge is 0.194 e. The van der Waals surface area contributed by atoms with Crippen LogP contribution in [0.4, 0.5) is 5.69 Å². The van der Waals surface area contributed by atoms with Gasteiger partial charge in [-0.15, -0.1) is 0 Å². The van der Waals surface area contributed by atoms with E-state index in [1.807, 2.05) is 12.1 Å². The van der Waals surface area contributed by atoms with Gasteiger partial charge in [-0.2, -0.15) is 0 Å². The second-order valence-electron chi connectivity index (χ2n) is 8.60. The van der Waals surface area contributed by atoms with Gasteiger partial charge in [0, 0.05) is 57.0 Å². The highest BCUT2D eigenvalue weighted by Crippen LogP contribution is 2.35. The van der Waals surface area contributed by atoms with Gasteiger partial charge in [-0.25, -0.2) is 0 Å². The molecule has 0 unspecified atom stereocenters. The van der Waals surface area contributed by atoms with Crippen LogP contribution in [0.2, 0.25) is 0 Å². The Labute approximate surface area is 192 Å². The second kappa shape index (κ2) is 10.7. The van der Waals surface area contributed by atoms with Crippen LogP contribution in [-0.4, -0.2) is 70.5 Å². The second-order valence-corrected chi connectivity index (χ2v) is 8.60. The molecule has 2 fully saturated rings. The molecule has 2 aliphatic rings. The lowest BCUT2D eigenvalue weighted by Gasteiger charge is -2.39. The summed E-state index contributed by atoms with van der Waals surface area (Å²) in [4.78, 5) is 10.0. The van der Waals surface area contributed by atoms with Gasteiger partial charge in [0.1, 0.15) is 5.75 Å². The van der Waals surface area contributed by atoms with Gasteiger partial charge in [0.15, 0.2) is 5.96 Å². The Morgan fingerprint density at radius 1 is 1.00 bits per heavy atom. The molecule has 0 spiro atoms. The Kier molecular flexibility index (Phi) is 7.53. The Balaban J connectivity index is 1.44. The molecule has 0 amide bonds. The highest BCUT2D eigenvalue weighted by atomic mass is 16.5. The van der Waals surface area contributed by atoms with Crippen LogP contribution in [0.25, 0.3) is 0 Å². The first-order chi connectivity index (χ1) is 15.7. The first-order valence-electron chi connectivity index (χ1n) is 11.8. The van der Waals surface area contributed by atoms with Crippen molar-refractivity contribution in [3.05, 3.63) is 60.2 Å². The molecule has 6 heteroatoms. The lowest BCUT2D eigenvalue weighted by atomic mass is 9.74. The molecule has 2 aromatic carbocycles. The average Bonchev–Trinajstić information content (AvgIpc) is 2.88. The molecule has 0 atom stereocenters. The maximum atomic E-state index is 5.70. The van der Waals surface area contributed by atoms with E-state index in [-0.39, 0.29) is 5.41 Å². The van der Waals surface area contributed by atoms with Crippen LogP contribution in [0.1, 0.15) is 25.3 Å². The zero-order valence-corrected chi connectivity index (χ0v) is 19.4. The summed E-state index contributed by atoms with van der Waals surface area (Å²) < 4.78 is 11.0. The molecule has 1 N–H and O–H groups in total. The Bertz CT molecular complexity index is 855. The molecule has 0 bridgehead atoms. The minimum absolute atomic E-state index is 0.0606. The first-order valence-corrected chi connectivity index (χ1v) is 11.8. The summed E-state index contributed by atoms with van der Waals surface area (Å²) in [5.74, 6) is 1.93. The summed E-state index contributed by atoms with van der Waals surface area (Å²) in [5, 5.41) is 3.54. The number of piperazine rings is 1. The number of hydrogen-bond acceptors (Lipinski definition) is 4. The number of nitrogens with one attached hydrogen (secondary N) is 1. The van der Waals surface area contributed by atoms with E-state index in [0.717, 1.165) is 77.0 Å². The van der Waals surface area contributed by atoms with Crippen molar-refractivity contribution in [2.75, 3.05) is 64.5 Å². The molecular weight excluding hydrogens is 400 g/mol. The van der Waals surface area contributed by atoms with Gasteiger partial charge >= 0.3 is 0 Å². The fourth-order valence-corrected chi connectivity index (χ4v) is 4.71. The molecule has 2 heterocycles. The number of methoxy groups -OCH3 is 1. The van der Waals surface area contributed by atoms with E-state index in [1.54, 1.807) is 7.11 Å². The third-order valence-electron chi connectivity index (χ3n) is 6.72. The third kappa shape index (κ3) is 5.18. The zero-order valence-electron chi connectivity index (χ0n) is 19.4. The highest BCUT2D eigenvalue weighted by Gasteiger charge is 2.34. The molecule has 0 aliphatic carbocycles. The summed E-state index contributed by atoms with van der Waals surface area (Å²) in [6.45, 7) is 9.30. The monoisotopic (exact) mass is 436 g/mol. The van der Waals surface area contributed by atoms with E-state index < -0.39 is 0 Å². The van der Waals surface area contributed by atoms with Crippen molar-refractivity contribution >= 4 is 11.6 Å². The van der Waals surface area contributed by atoms with E-state index in [1.165, 1.54) is 11.3 Å². The lowest BCUT2D eigenvalue weighted by molar-refractivity contribution is 0.0530. The predicted octanol–water partition coefficient (Wildman–Crippen LogP) is 3.53. The van der Waals surface area contributed by atoms with Crippen molar-refractivity contribution in [1.82, 2.24) is 10.2 Å². The number of aliphatic imine (C=N–C) groups is 1. The van der Waals surface area contributed by atoms with Gasteiger partial charge in [0.05, 0.1) is 13.7 Å².